The van der Waals surface area contributed by atoms with Crippen molar-refractivity contribution in [1.29, 1.82) is 0 Å². The second-order valence-corrected chi connectivity index (χ2v) is 8.37. The van der Waals surface area contributed by atoms with E-state index in [2.05, 4.69) is 75.0 Å². The number of hydrogen-bond acceptors (Lipinski definition) is 0. The molecule has 1 aliphatic rings. The highest BCUT2D eigenvalue weighted by molar-refractivity contribution is 5.26. The molecule has 0 fully saturated rings. The quantitative estimate of drug-likeness (QED) is 0.648. The van der Waals surface area contributed by atoms with E-state index in [4.69, 9.17) is 0 Å². The third-order valence-corrected chi connectivity index (χ3v) is 4.46. The summed E-state index contributed by atoms with van der Waals surface area (Å²) < 4.78 is 2.37. The first-order valence-electron chi connectivity index (χ1n) is 8.04. The second kappa shape index (κ2) is 5.05. The summed E-state index contributed by atoms with van der Waals surface area (Å²) in [5.41, 5.74) is 5.01. The molecule has 21 heavy (non-hydrogen) atoms. The van der Waals surface area contributed by atoms with Crippen LogP contribution in [0.15, 0.2) is 42.7 Å². The Labute approximate surface area is 129 Å². The first kappa shape index (κ1) is 14.4. The van der Waals surface area contributed by atoms with Crippen LogP contribution in [0, 0.1) is 10.8 Å². The Hall–Kier alpha value is -1.50. The maximum Gasteiger partial charge on any atom is 0.0274 e. The van der Waals surface area contributed by atoms with E-state index in [9.17, 15) is 0 Å². The van der Waals surface area contributed by atoms with Crippen LogP contribution in [-0.2, 0) is 25.8 Å². The van der Waals surface area contributed by atoms with Gasteiger partial charge in [-0.2, -0.15) is 0 Å². The van der Waals surface area contributed by atoms with Crippen molar-refractivity contribution in [2.45, 2.75) is 53.5 Å². The Morgan fingerprint density at radius 3 is 2.14 bits per heavy atom. The Bertz CT molecular complexity index is 581. The third-order valence-electron chi connectivity index (χ3n) is 4.46. The molecule has 1 heteroatoms. The lowest BCUT2D eigenvalue weighted by molar-refractivity contribution is 0.302. The number of aromatic nitrogens is 1. The largest absolute Gasteiger partial charge is 0.353 e. The van der Waals surface area contributed by atoms with Crippen LogP contribution >= 0.6 is 0 Å². The van der Waals surface area contributed by atoms with Crippen LogP contribution in [0.2, 0.25) is 0 Å². The van der Waals surface area contributed by atoms with Gasteiger partial charge < -0.3 is 4.57 Å². The van der Waals surface area contributed by atoms with Crippen molar-refractivity contribution in [3.63, 3.8) is 0 Å². The van der Waals surface area contributed by atoms with Crippen LogP contribution in [0.3, 0.4) is 0 Å². The molecule has 1 nitrogen and oxygen atoms in total. The highest BCUT2D eigenvalue weighted by Gasteiger charge is 2.24. The fourth-order valence-corrected chi connectivity index (χ4v) is 3.81. The third kappa shape index (κ3) is 3.58. The molecule has 3 rings (SSSR count). The molecular formula is C20H27N. The van der Waals surface area contributed by atoms with Gasteiger partial charge >= 0.3 is 0 Å². The molecule has 0 aliphatic carbocycles. The maximum atomic E-state index is 2.42. The first-order valence-corrected chi connectivity index (χ1v) is 8.04. The second-order valence-electron chi connectivity index (χ2n) is 8.37. The van der Waals surface area contributed by atoms with Crippen LogP contribution < -0.4 is 0 Å². The summed E-state index contributed by atoms with van der Waals surface area (Å²) in [5.74, 6) is 0. The van der Waals surface area contributed by atoms with Crippen LogP contribution in [0.25, 0.3) is 0 Å². The lowest BCUT2D eigenvalue weighted by Gasteiger charge is -2.28. The van der Waals surface area contributed by atoms with Gasteiger partial charge in [-0.3, -0.25) is 0 Å². The average molecular weight is 281 g/mol. The Balaban J connectivity index is 2.01. The zero-order valence-corrected chi connectivity index (χ0v) is 13.8. The Morgan fingerprint density at radius 2 is 1.43 bits per heavy atom. The van der Waals surface area contributed by atoms with Crippen LogP contribution in [0.1, 0.15) is 44.4 Å². The van der Waals surface area contributed by atoms with Gasteiger partial charge in [-0.05, 0) is 52.8 Å². The van der Waals surface area contributed by atoms with Crippen LogP contribution in [-0.4, -0.2) is 4.57 Å². The summed E-state index contributed by atoms with van der Waals surface area (Å²) in [7, 11) is 0. The lowest BCUT2D eigenvalue weighted by atomic mass is 9.79. The molecule has 0 atom stereocenters. The molecule has 1 aliphatic heterocycles. The molecule has 1 aromatic carbocycles. The zero-order valence-electron chi connectivity index (χ0n) is 13.8. The highest BCUT2D eigenvalue weighted by atomic mass is 14.9. The predicted octanol–water partition coefficient (Wildman–Crippen LogP) is 4.88. The van der Waals surface area contributed by atoms with Crippen LogP contribution in [0.4, 0.5) is 0 Å². The molecule has 2 aromatic rings. The minimum absolute atomic E-state index is 0.281. The van der Waals surface area contributed by atoms with Gasteiger partial charge in [-0.25, -0.2) is 0 Å². The number of benzene rings is 1. The predicted molar refractivity (Wildman–Crippen MR) is 89.5 cm³/mol. The van der Waals surface area contributed by atoms with Gasteiger partial charge in [0, 0.05) is 18.9 Å². The van der Waals surface area contributed by atoms with E-state index in [1.807, 2.05) is 0 Å². The molecule has 0 saturated heterocycles. The van der Waals surface area contributed by atoms with Crippen molar-refractivity contribution in [3.05, 3.63) is 59.4 Å². The van der Waals surface area contributed by atoms with Gasteiger partial charge in [-0.15, -0.1) is 0 Å². The fraction of sp³-hybridized carbons (Fsp3) is 0.500. The summed E-state index contributed by atoms with van der Waals surface area (Å²) in [6.07, 6.45) is 8.02. The van der Waals surface area contributed by atoms with Crippen molar-refractivity contribution in [2.75, 3.05) is 0 Å². The molecule has 2 heterocycles. The first-order chi connectivity index (χ1) is 9.81. The molecule has 0 saturated carbocycles. The van der Waals surface area contributed by atoms with Gasteiger partial charge in [0.15, 0.2) is 0 Å². The molecule has 1 aromatic heterocycles. The smallest absolute Gasteiger partial charge is 0.0274 e. The molecule has 0 unspecified atom stereocenters. The number of rotatable bonds is 0. The van der Waals surface area contributed by atoms with E-state index >= 15 is 0 Å². The van der Waals surface area contributed by atoms with Gasteiger partial charge in [0.05, 0.1) is 0 Å². The molecule has 0 N–H and O–H groups in total. The van der Waals surface area contributed by atoms with E-state index in [1.165, 1.54) is 16.7 Å². The molecule has 112 valence electrons. The highest BCUT2D eigenvalue weighted by Crippen LogP contribution is 2.31. The standard InChI is InChI=1S/C20H27N/c1-19(2)11-16-6-5-7-17(10-16)12-20(3,4)15-21-9-8-18(13-19)14-21/h5-10,14H,11-13,15H2,1-4H3. The van der Waals surface area contributed by atoms with Crippen molar-refractivity contribution in [1.82, 2.24) is 4.57 Å². The molecular weight excluding hydrogens is 254 g/mol. The van der Waals surface area contributed by atoms with Crippen molar-refractivity contribution >= 4 is 0 Å². The van der Waals surface area contributed by atoms with Crippen molar-refractivity contribution < 1.29 is 0 Å². The van der Waals surface area contributed by atoms with Crippen molar-refractivity contribution in [3.8, 4) is 0 Å². The maximum absolute atomic E-state index is 2.42. The minimum Gasteiger partial charge on any atom is -0.353 e. The number of fused-ring (bicyclic) bond motifs is 4. The summed E-state index contributed by atoms with van der Waals surface area (Å²) >= 11 is 0. The number of nitrogens with zero attached hydrogens (tertiary/aromatic N) is 1. The SMILES string of the molecule is CC1(C)Cc2cccc(c2)CC(C)(C)Cn2ccc(c2)C1. The van der Waals surface area contributed by atoms with E-state index in [0.717, 1.165) is 25.8 Å². The van der Waals surface area contributed by atoms with Gasteiger partial charge in [0.1, 0.15) is 0 Å². The average Bonchev–Trinajstić information content (AvgIpc) is 2.72. The van der Waals surface area contributed by atoms with E-state index in [1.54, 1.807) is 0 Å². The van der Waals surface area contributed by atoms with Gasteiger partial charge in [0.2, 0.25) is 0 Å². The number of hydrogen-bond donors (Lipinski definition) is 0. The lowest BCUT2D eigenvalue weighted by Crippen LogP contribution is -2.23. The summed E-state index contributed by atoms with van der Waals surface area (Å²) in [5, 5.41) is 0. The monoisotopic (exact) mass is 281 g/mol. The summed E-state index contributed by atoms with van der Waals surface area (Å²) in [6, 6.07) is 11.5. The fourth-order valence-electron chi connectivity index (χ4n) is 3.81. The van der Waals surface area contributed by atoms with Gasteiger partial charge in [0.25, 0.3) is 0 Å². The Morgan fingerprint density at radius 1 is 0.810 bits per heavy atom. The van der Waals surface area contributed by atoms with Crippen LogP contribution in [0.5, 0.6) is 0 Å². The van der Waals surface area contributed by atoms with Gasteiger partial charge in [-0.1, -0.05) is 52.0 Å². The normalized spacial score (nSPS) is 20.4. The van der Waals surface area contributed by atoms with Crippen molar-refractivity contribution in [2.24, 2.45) is 10.8 Å². The minimum atomic E-state index is 0.281. The molecule has 0 radical (unpaired) electrons. The molecule has 4 bridgehead atoms. The molecule has 0 amide bonds. The van der Waals surface area contributed by atoms with E-state index in [0.29, 0.717) is 5.41 Å². The summed E-state index contributed by atoms with van der Waals surface area (Å²) in [4.78, 5) is 0. The van der Waals surface area contributed by atoms with E-state index in [-0.39, 0.29) is 5.41 Å². The van der Waals surface area contributed by atoms with E-state index < -0.39 is 0 Å². The summed E-state index contributed by atoms with van der Waals surface area (Å²) in [6.45, 7) is 10.6. The topological polar surface area (TPSA) is 4.93 Å². The molecule has 0 spiro atoms. The Kier molecular flexibility index (Phi) is 3.47. The zero-order chi connectivity index (χ0) is 15.1.